The lowest BCUT2D eigenvalue weighted by Crippen LogP contribution is -1.82. The van der Waals surface area contributed by atoms with E-state index in [1.807, 2.05) is 25.1 Å². The number of aromatic nitrogens is 2. The monoisotopic (exact) mass is 292 g/mol. The van der Waals surface area contributed by atoms with Gasteiger partial charge in [0.2, 0.25) is 0 Å². The van der Waals surface area contributed by atoms with Gasteiger partial charge in [-0.15, -0.1) is 0 Å². The van der Waals surface area contributed by atoms with Crippen LogP contribution in [0.25, 0.3) is 22.8 Å². The van der Waals surface area contributed by atoms with Crippen LogP contribution in [0.5, 0.6) is 0 Å². The van der Waals surface area contributed by atoms with Gasteiger partial charge in [-0.25, -0.2) is 4.98 Å². The molecule has 0 unspecified atom stereocenters. The largest absolute Gasteiger partial charge is 0.461 e. The summed E-state index contributed by atoms with van der Waals surface area (Å²) in [6.45, 7) is 1.96. The molecule has 1 N–H and O–H groups in total. The van der Waals surface area contributed by atoms with Gasteiger partial charge in [0.1, 0.15) is 0 Å². The lowest BCUT2D eigenvalue weighted by Gasteiger charge is -2.00. The highest BCUT2D eigenvalue weighted by Gasteiger charge is 2.13. The van der Waals surface area contributed by atoms with E-state index in [9.17, 15) is 0 Å². The van der Waals surface area contributed by atoms with Crippen LogP contribution in [0.2, 0.25) is 10.0 Å². The molecular formula is C14H10Cl2N2O. The van der Waals surface area contributed by atoms with Crippen LogP contribution < -0.4 is 0 Å². The normalized spacial score (nSPS) is 10.9. The molecule has 0 aliphatic rings. The molecule has 0 spiro atoms. The van der Waals surface area contributed by atoms with Gasteiger partial charge in [-0.05, 0) is 31.2 Å². The lowest BCUT2D eigenvalue weighted by molar-refractivity contribution is 0.578. The van der Waals surface area contributed by atoms with Gasteiger partial charge in [0.15, 0.2) is 11.6 Å². The molecule has 1 aromatic carbocycles. The second-order valence-electron chi connectivity index (χ2n) is 4.17. The maximum Gasteiger partial charge on any atom is 0.174 e. The van der Waals surface area contributed by atoms with E-state index in [0.29, 0.717) is 21.6 Å². The summed E-state index contributed by atoms with van der Waals surface area (Å²) in [5, 5.41) is 1.05. The Morgan fingerprint density at radius 1 is 1.16 bits per heavy atom. The van der Waals surface area contributed by atoms with Gasteiger partial charge in [0.25, 0.3) is 0 Å². The Kier molecular flexibility index (Phi) is 3.09. The molecule has 0 aliphatic carbocycles. The zero-order valence-electron chi connectivity index (χ0n) is 10.1. The van der Waals surface area contributed by atoms with Gasteiger partial charge < -0.3 is 9.40 Å². The molecule has 0 bridgehead atoms. The number of aromatic amines is 1. The third-order valence-electron chi connectivity index (χ3n) is 2.83. The maximum absolute atomic E-state index is 6.03. The molecule has 0 fully saturated rings. The minimum atomic E-state index is 0.515. The van der Waals surface area contributed by atoms with Gasteiger partial charge >= 0.3 is 0 Å². The topological polar surface area (TPSA) is 41.8 Å². The van der Waals surface area contributed by atoms with E-state index in [0.717, 1.165) is 17.0 Å². The summed E-state index contributed by atoms with van der Waals surface area (Å²) >= 11 is 12.0. The summed E-state index contributed by atoms with van der Waals surface area (Å²) in [5.74, 6) is 1.40. The molecule has 0 radical (unpaired) electrons. The van der Waals surface area contributed by atoms with Crippen molar-refractivity contribution < 1.29 is 4.42 Å². The zero-order chi connectivity index (χ0) is 13.4. The number of nitrogens with one attached hydrogen (secondary N) is 1. The van der Waals surface area contributed by atoms with Crippen LogP contribution in [0.15, 0.2) is 41.0 Å². The Hall–Kier alpha value is -1.71. The Labute approximate surface area is 120 Å². The van der Waals surface area contributed by atoms with Gasteiger partial charge in [-0.2, -0.15) is 0 Å². The summed E-state index contributed by atoms with van der Waals surface area (Å²) in [5.41, 5.74) is 2.70. The second-order valence-corrected chi connectivity index (χ2v) is 4.98. The van der Waals surface area contributed by atoms with Crippen LogP contribution in [0.3, 0.4) is 0 Å². The van der Waals surface area contributed by atoms with Crippen molar-refractivity contribution in [2.24, 2.45) is 0 Å². The first-order valence-corrected chi connectivity index (χ1v) is 6.46. The summed E-state index contributed by atoms with van der Waals surface area (Å²) < 4.78 is 5.33. The lowest BCUT2D eigenvalue weighted by atomic mass is 10.1. The number of nitrogens with zero attached hydrogens (tertiary/aromatic N) is 1. The van der Waals surface area contributed by atoms with Crippen molar-refractivity contribution >= 4 is 23.2 Å². The minimum absolute atomic E-state index is 0.515. The molecule has 5 heteroatoms. The smallest absolute Gasteiger partial charge is 0.174 e. The van der Waals surface area contributed by atoms with Crippen molar-refractivity contribution in [1.82, 2.24) is 9.97 Å². The third kappa shape index (κ3) is 2.27. The number of aryl methyl sites for hydroxylation is 1. The van der Waals surface area contributed by atoms with Crippen molar-refractivity contribution in [2.75, 3.05) is 0 Å². The van der Waals surface area contributed by atoms with Crippen LogP contribution in [-0.2, 0) is 0 Å². The van der Waals surface area contributed by atoms with Crippen LogP contribution in [0.4, 0.5) is 0 Å². The number of benzene rings is 1. The molecule has 2 heterocycles. The molecule has 3 nitrogen and oxygen atoms in total. The first-order valence-electron chi connectivity index (χ1n) is 5.71. The Bertz CT molecular complexity index is 717. The standard InChI is InChI=1S/C14H10Cl2N2O/c1-8-13(9-4-5-10(15)11(16)7-9)18-14(17-8)12-3-2-6-19-12/h2-7H,1H3,(H,17,18). The SMILES string of the molecule is Cc1[nH]c(-c2ccco2)nc1-c1ccc(Cl)c(Cl)c1. The predicted molar refractivity (Wildman–Crippen MR) is 76.5 cm³/mol. The average Bonchev–Trinajstić information content (AvgIpc) is 3.01. The van der Waals surface area contributed by atoms with Gasteiger partial charge in [-0.3, -0.25) is 0 Å². The fourth-order valence-corrected chi connectivity index (χ4v) is 2.21. The molecule has 3 rings (SSSR count). The van der Waals surface area contributed by atoms with Crippen LogP contribution in [-0.4, -0.2) is 9.97 Å². The fraction of sp³-hybridized carbons (Fsp3) is 0.0714. The molecule has 19 heavy (non-hydrogen) atoms. The molecule has 0 atom stereocenters. The van der Waals surface area contributed by atoms with Crippen LogP contribution in [0, 0.1) is 6.92 Å². The molecule has 0 saturated carbocycles. The van der Waals surface area contributed by atoms with E-state index >= 15 is 0 Å². The van der Waals surface area contributed by atoms with Crippen molar-refractivity contribution in [3.8, 4) is 22.8 Å². The van der Waals surface area contributed by atoms with Crippen LogP contribution >= 0.6 is 23.2 Å². The highest BCUT2D eigenvalue weighted by Crippen LogP contribution is 2.30. The molecular weight excluding hydrogens is 283 g/mol. The van der Waals surface area contributed by atoms with E-state index in [1.54, 1.807) is 18.4 Å². The average molecular weight is 293 g/mol. The zero-order valence-corrected chi connectivity index (χ0v) is 11.6. The summed E-state index contributed by atoms with van der Waals surface area (Å²) in [6, 6.07) is 9.14. The Balaban J connectivity index is 2.08. The van der Waals surface area contributed by atoms with E-state index in [4.69, 9.17) is 27.6 Å². The van der Waals surface area contributed by atoms with E-state index in [-0.39, 0.29) is 0 Å². The predicted octanol–water partition coefficient (Wildman–Crippen LogP) is 4.95. The molecule has 3 aromatic rings. The quantitative estimate of drug-likeness (QED) is 0.726. The second kappa shape index (κ2) is 4.76. The highest BCUT2D eigenvalue weighted by atomic mass is 35.5. The minimum Gasteiger partial charge on any atom is -0.461 e. The molecule has 96 valence electrons. The van der Waals surface area contributed by atoms with Crippen molar-refractivity contribution in [2.45, 2.75) is 6.92 Å². The number of hydrogen-bond acceptors (Lipinski definition) is 2. The summed E-state index contributed by atoms with van der Waals surface area (Å²) in [6.07, 6.45) is 1.62. The van der Waals surface area contributed by atoms with E-state index in [2.05, 4.69) is 9.97 Å². The summed E-state index contributed by atoms with van der Waals surface area (Å²) in [4.78, 5) is 7.74. The van der Waals surface area contributed by atoms with Gasteiger partial charge in [-0.1, -0.05) is 29.3 Å². The number of furan rings is 1. The molecule has 2 aromatic heterocycles. The van der Waals surface area contributed by atoms with Crippen molar-refractivity contribution in [1.29, 1.82) is 0 Å². The number of imidazole rings is 1. The van der Waals surface area contributed by atoms with Crippen LogP contribution in [0.1, 0.15) is 5.69 Å². The number of rotatable bonds is 2. The van der Waals surface area contributed by atoms with Gasteiger partial charge in [0.05, 0.1) is 22.0 Å². The molecule has 0 aliphatic heterocycles. The van der Waals surface area contributed by atoms with E-state index in [1.165, 1.54) is 0 Å². The van der Waals surface area contributed by atoms with Gasteiger partial charge in [0, 0.05) is 11.3 Å². The van der Waals surface area contributed by atoms with Crippen molar-refractivity contribution in [3.63, 3.8) is 0 Å². The number of hydrogen-bond donors (Lipinski definition) is 1. The number of H-pyrrole nitrogens is 1. The Morgan fingerprint density at radius 2 is 2.00 bits per heavy atom. The Morgan fingerprint density at radius 3 is 2.68 bits per heavy atom. The molecule has 0 amide bonds. The van der Waals surface area contributed by atoms with Crippen molar-refractivity contribution in [3.05, 3.63) is 52.3 Å². The third-order valence-corrected chi connectivity index (χ3v) is 3.57. The fourth-order valence-electron chi connectivity index (χ4n) is 1.91. The number of halogens is 2. The summed E-state index contributed by atoms with van der Waals surface area (Å²) in [7, 11) is 0. The maximum atomic E-state index is 6.03. The van der Waals surface area contributed by atoms with E-state index < -0.39 is 0 Å². The highest BCUT2D eigenvalue weighted by molar-refractivity contribution is 6.42. The first kappa shape index (κ1) is 12.3. The first-order chi connectivity index (χ1) is 9.15. The molecule has 0 saturated heterocycles.